The largest absolute Gasteiger partial charge is 0.364 e. The summed E-state index contributed by atoms with van der Waals surface area (Å²) in [5, 5.41) is 6.25. The first kappa shape index (κ1) is 16.4. The fourth-order valence-electron chi connectivity index (χ4n) is 3.22. The minimum atomic E-state index is -0.626. The van der Waals surface area contributed by atoms with Crippen molar-refractivity contribution >= 4 is 28.5 Å². The van der Waals surface area contributed by atoms with Crippen LogP contribution in [-0.2, 0) is 4.79 Å². The van der Waals surface area contributed by atoms with Crippen molar-refractivity contribution in [2.75, 3.05) is 5.01 Å². The Bertz CT molecular complexity index is 778. The van der Waals surface area contributed by atoms with Gasteiger partial charge in [-0.15, -0.1) is 0 Å². The van der Waals surface area contributed by atoms with Crippen molar-refractivity contribution < 1.29 is 9.59 Å². The van der Waals surface area contributed by atoms with Gasteiger partial charge in [-0.1, -0.05) is 26.2 Å². The van der Waals surface area contributed by atoms with E-state index in [0.717, 1.165) is 36.2 Å². The van der Waals surface area contributed by atoms with Crippen LogP contribution in [0, 0.1) is 0 Å². The van der Waals surface area contributed by atoms with E-state index in [1.807, 2.05) is 4.68 Å². The Balaban J connectivity index is 2.15. The molecule has 1 saturated carbocycles. The molecule has 0 bridgehead atoms. The standard InChI is InChI=1S/C16H22N6O2/c1-2-14(23)21(18)16-11-8-12(15(17)24)19-9-13(11)22(20-16)10-6-4-3-5-7-10/h8-10H,2-7,18H2,1H3,(H2,17,24). The van der Waals surface area contributed by atoms with E-state index in [-0.39, 0.29) is 24.1 Å². The molecule has 24 heavy (non-hydrogen) atoms. The predicted molar refractivity (Wildman–Crippen MR) is 90.1 cm³/mol. The molecular weight excluding hydrogens is 308 g/mol. The number of carbonyl (C=O) groups excluding carboxylic acids is 2. The number of rotatable bonds is 4. The molecule has 0 radical (unpaired) electrons. The van der Waals surface area contributed by atoms with Crippen molar-refractivity contribution in [1.29, 1.82) is 0 Å². The fraction of sp³-hybridized carbons (Fsp3) is 0.500. The third kappa shape index (κ3) is 2.84. The van der Waals surface area contributed by atoms with E-state index < -0.39 is 5.91 Å². The first-order valence-electron chi connectivity index (χ1n) is 8.28. The molecule has 2 heterocycles. The SMILES string of the molecule is CCC(=O)N(N)c1nn(C2CCCCC2)c2cnc(C(N)=O)cc12. The molecule has 1 fully saturated rings. The number of nitrogens with two attached hydrogens (primary N) is 2. The highest BCUT2D eigenvalue weighted by Gasteiger charge is 2.24. The maximum absolute atomic E-state index is 12.0. The first-order valence-corrected chi connectivity index (χ1v) is 8.28. The predicted octanol–water partition coefficient (Wildman–Crippen LogP) is 1.65. The zero-order valence-corrected chi connectivity index (χ0v) is 13.7. The quantitative estimate of drug-likeness (QED) is 0.502. The van der Waals surface area contributed by atoms with Crippen LogP contribution in [0.25, 0.3) is 10.9 Å². The van der Waals surface area contributed by atoms with Gasteiger partial charge < -0.3 is 5.73 Å². The van der Waals surface area contributed by atoms with Crippen LogP contribution >= 0.6 is 0 Å². The number of carbonyl (C=O) groups is 2. The molecule has 2 aromatic rings. The van der Waals surface area contributed by atoms with E-state index >= 15 is 0 Å². The molecule has 4 N–H and O–H groups in total. The third-order valence-corrected chi connectivity index (χ3v) is 4.55. The highest BCUT2D eigenvalue weighted by atomic mass is 16.2. The van der Waals surface area contributed by atoms with Gasteiger partial charge in [0.05, 0.1) is 17.8 Å². The molecule has 0 aromatic carbocycles. The summed E-state index contributed by atoms with van der Waals surface area (Å²) >= 11 is 0. The molecule has 1 aliphatic rings. The summed E-state index contributed by atoms with van der Waals surface area (Å²) in [7, 11) is 0. The second-order valence-corrected chi connectivity index (χ2v) is 6.13. The number of nitrogens with zero attached hydrogens (tertiary/aromatic N) is 4. The summed E-state index contributed by atoms with van der Waals surface area (Å²) in [4.78, 5) is 27.6. The Morgan fingerprint density at radius 2 is 2.04 bits per heavy atom. The number of hydrogen-bond donors (Lipinski definition) is 2. The normalized spacial score (nSPS) is 15.6. The van der Waals surface area contributed by atoms with Crippen LogP contribution in [0.3, 0.4) is 0 Å². The van der Waals surface area contributed by atoms with Gasteiger partial charge in [0.25, 0.3) is 5.91 Å². The molecule has 1 aliphatic carbocycles. The molecule has 0 unspecified atom stereocenters. The van der Waals surface area contributed by atoms with Gasteiger partial charge in [-0.25, -0.2) is 15.8 Å². The number of fused-ring (bicyclic) bond motifs is 1. The van der Waals surface area contributed by atoms with Crippen LogP contribution in [0.1, 0.15) is 62.0 Å². The number of amides is 2. The zero-order chi connectivity index (χ0) is 17.3. The van der Waals surface area contributed by atoms with Crippen molar-refractivity contribution in [2.45, 2.75) is 51.5 Å². The van der Waals surface area contributed by atoms with Crippen molar-refractivity contribution in [2.24, 2.45) is 11.6 Å². The molecule has 2 amide bonds. The average Bonchev–Trinajstić information content (AvgIpc) is 2.99. The lowest BCUT2D eigenvalue weighted by molar-refractivity contribution is -0.118. The highest BCUT2D eigenvalue weighted by Crippen LogP contribution is 2.34. The van der Waals surface area contributed by atoms with Crippen LogP contribution in [0.4, 0.5) is 5.82 Å². The van der Waals surface area contributed by atoms with Gasteiger partial charge in [0.1, 0.15) is 5.69 Å². The average molecular weight is 330 g/mol. The van der Waals surface area contributed by atoms with Crippen LogP contribution in [0.15, 0.2) is 12.3 Å². The first-order chi connectivity index (χ1) is 11.5. The van der Waals surface area contributed by atoms with Gasteiger partial charge in [0.2, 0.25) is 5.91 Å². The number of hydrogen-bond acceptors (Lipinski definition) is 5. The number of pyridine rings is 1. The topological polar surface area (TPSA) is 120 Å². The van der Waals surface area contributed by atoms with Gasteiger partial charge in [-0.3, -0.25) is 14.3 Å². The van der Waals surface area contributed by atoms with E-state index in [2.05, 4.69) is 10.1 Å². The third-order valence-electron chi connectivity index (χ3n) is 4.55. The van der Waals surface area contributed by atoms with E-state index in [0.29, 0.717) is 11.2 Å². The van der Waals surface area contributed by atoms with Crippen LogP contribution < -0.4 is 16.6 Å². The van der Waals surface area contributed by atoms with Crippen LogP contribution in [0.2, 0.25) is 0 Å². The van der Waals surface area contributed by atoms with Gasteiger partial charge in [0.15, 0.2) is 5.82 Å². The summed E-state index contributed by atoms with van der Waals surface area (Å²) in [6.07, 6.45) is 7.43. The summed E-state index contributed by atoms with van der Waals surface area (Å²) in [6.45, 7) is 1.74. The number of anilines is 1. The maximum Gasteiger partial charge on any atom is 0.267 e. The van der Waals surface area contributed by atoms with Gasteiger partial charge in [0, 0.05) is 11.8 Å². The van der Waals surface area contributed by atoms with E-state index in [4.69, 9.17) is 11.6 Å². The van der Waals surface area contributed by atoms with E-state index in [1.54, 1.807) is 19.2 Å². The number of hydrazine groups is 1. The van der Waals surface area contributed by atoms with Crippen LogP contribution in [-0.4, -0.2) is 26.6 Å². The highest BCUT2D eigenvalue weighted by molar-refractivity contribution is 6.03. The summed E-state index contributed by atoms with van der Waals surface area (Å²) < 4.78 is 1.89. The van der Waals surface area contributed by atoms with Crippen LogP contribution in [0.5, 0.6) is 0 Å². The molecule has 0 aliphatic heterocycles. The van der Waals surface area contributed by atoms with Crippen molar-refractivity contribution in [3.63, 3.8) is 0 Å². The van der Waals surface area contributed by atoms with Crippen molar-refractivity contribution in [1.82, 2.24) is 14.8 Å². The molecule has 8 nitrogen and oxygen atoms in total. The minimum absolute atomic E-state index is 0.129. The maximum atomic E-state index is 12.0. The second-order valence-electron chi connectivity index (χ2n) is 6.13. The molecule has 128 valence electrons. The summed E-state index contributed by atoms with van der Waals surface area (Å²) in [5.74, 6) is 5.42. The lowest BCUT2D eigenvalue weighted by atomic mass is 9.95. The number of aromatic nitrogens is 3. The molecule has 3 rings (SSSR count). The van der Waals surface area contributed by atoms with Gasteiger partial charge >= 0.3 is 0 Å². The molecule has 2 aromatic heterocycles. The van der Waals surface area contributed by atoms with Gasteiger partial charge in [-0.2, -0.15) is 5.10 Å². The molecular formula is C16H22N6O2. The van der Waals surface area contributed by atoms with Gasteiger partial charge in [-0.05, 0) is 18.9 Å². The monoisotopic (exact) mass is 330 g/mol. The smallest absolute Gasteiger partial charge is 0.267 e. The number of primary amides is 1. The Kier molecular flexibility index (Phi) is 4.48. The fourth-order valence-corrected chi connectivity index (χ4v) is 3.22. The Morgan fingerprint density at radius 1 is 1.33 bits per heavy atom. The molecule has 8 heteroatoms. The lowest BCUT2D eigenvalue weighted by Crippen LogP contribution is -2.37. The Labute approximate surface area is 139 Å². The summed E-state index contributed by atoms with van der Waals surface area (Å²) in [6, 6.07) is 1.81. The van der Waals surface area contributed by atoms with E-state index in [9.17, 15) is 9.59 Å². The van der Waals surface area contributed by atoms with E-state index in [1.165, 1.54) is 6.42 Å². The Hall–Kier alpha value is -2.48. The minimum Gasteiger partial charge on any atom is -0.364 e. The Morgan fingerprint density at radius 3 is 2.67 bits per heavy atom. The van der Waals surface area contributed by atoms with Crippen molar-refractivity contribution in [3.05, 3.63) is 18.0 Å². The second kappa shape index (κ2) is 6.56. The summed E-state index contributed by atoms with van der Waals surface area (Å²) in [5.41, 5.74) is 6.22. The molecule has 0 atom stereocenters. The molecule has 0 saturated heterocycles. The molecule has 0 spiro atoms. The lowest BCUT2D eigenvalue weighted by Gasteiger charge is -2.22. The zero-order valence-electron chi connectivity index (χ0n) is 13.7. The van der Waals surface area contributed by atoms with Crippen molar-refractivity contribution in [3.8, 4) is 0 Å².